The highest BCUT2D eigenvalue weighted by Gasteiger charge is 2.11. The Balaban J connectivity index is 1.85. The first-order chi connectivity index (χ1) is 10.2. The molecular weight excluding hydrogens is 275 g/mol. The molecular formula is C14H17FN4O2. The van der Waals surface area contributed by atoms with Gasteiger partial charge < -0.3 is 15.3 Å². The van der Waals surface area contributed by atoms with Crippen LogP contribution in [0.15, 0.2) is 23.4 Å². The summed E-state index contributed by atoms with van der Waals surface area (Å²) >= 11 is 0. The van der Waals surface area contributed by atoms with Crippen LogP contribution in [0.2, 0.25) is 0 Å². The molecule has 0 saturated carbocycles. The first kappa shape index (κ1) is 15.2. The van der Waals surface area contributed by atoms with Gasteiger partial charge in [0.15, 0.2) is 5.84 Å². The summed E-state index contributed by atoms with van der Waals surface area (Å²) in [5.74, 6) is -0.0943. The van der Waals surface area contributed by atoms with Gasteiger partial charge in [-0.15, -0.1) is 0 Å². The maximum atomic E-state index is 13.0. The molecule has 1 aromatic carbocycles. The molecule has 0 aromatic heterocycles. The van der Waals surface area contributed by atoms with Crippen LogP contribution in [0.4, 0.5) is 4.39 Å². The van der Waals surface area contributed by atoms with E-state index in [1.165, 1.54) is 18.2 Å². The first-order valence-corrected chi connectivity index (χ1v) is 6.62. The van der Waals surface area contributed by atoms with Crippen molar-refractivity contribution in [2.75, 3.05) is 32.8 Å². The van der Waals surface area contributed by atoms with Gasteiger partial charge >= 0.3 is 0 Å². The Kier molecular flexibility index (Phi) is 5.49. The van der Waals surface area contributed by atoms with E-state index in [0.717, 1.165) is 13.1 Å². The van der Waals surface area contributed by atoms with Gasteiger partial charge in [0.2, 0.25) is 0 Å². The van der Waals surface area contributed by atoms with Crippen molar-refractivity contribution in [3.05, 3.63) is 35.1 Å². The fourth-order valence-electron chi connectivity index (χ4n) is 1.98. The Hall–Kier alpha value is -2.17. The number of nitrogens with two attached hydrogens (primary N) is 1. The van der Waals surface area contributed by atoms with Crippen molar-refractivity contribution in [1.82, 2.24) is 4.90 Å². The van der Waals surface area contributed by atoms with Gasteiger partial charge in [0.25, 0.3) is 0 Å². The van der Waals surface area contributed by atoms with Gasteiger partial charge in [0.05, 0.1) is 31.4 Å². The Morgan fingerprint density at radius 1 is 1.48 bits per heavy atom. The topological polar surface area (TPSA) is 83.9 Å². The lowest BCUT2D eigenvalue weighted by molar-refractivity contribution is 0.0443. The monoisotopic (exact) mass is 292 g/mol. The summed E-state index contributed by atoms with van der Waals surface area (Å²) in [4.78, 5) is 7.25. The third kappa shape index (κ3) is 4.70. The molecule has 0 radical (unpaired) electrons. The molecule has 0 unspecified atom stereocenters. The minimum atomic E-state index is -0.453. The summed E-state index contributed by atoms with van der Waals surface area (Å²) in [6.07, 6.45) is 0. The summed E-state index contributed by atoms with van der Waals surface area (Å²) in [5.41, 5.74) is 6.59. The van der Waals surface area contributed by atoms with Crippen molar-refractivity contribution in [2.45, 2.75) is 6.61 Å². The second kappa shape index (κ2) is 7.57. The molecule has 1 heterocycles. The van der Waals surface area contributed by atoms with E-state index in [1.807, 2.05) is 6.07 Å². The van der Waals surface area contributed by atoms with Gasteiger partial charge in [-0.25, -0.2) is 4.39 Å². The van der Waals surface area contributed by atoms with E-state index < -0.39 is 5.82 Å². The van der Waals surface area contributed by atoms with Crippen LogP contribution >= 0.6 is 0 Å². The zero-order valence-electron chi connectivity index (χ0n) is 11.6. The highest BCUT2D eigenvalue weighted by Crippen LogP contribution is 2.11. The molecule has 0 spiro atoms. The van der Waals surface area contributed by atoms with E-state index in [1.54, 1.807) is 0 Å². The number of hydrogen-bond donors (Lipinski definition) is 1. The molecule has 6 nitrogen and oxygen atoms in total. The van der Waals surface area contributed by atoms with Crippen molar-refractivity contribution >= 4 is 5.84 Å². The van der Waals surface area contributed by atoms with Crippen LogP contribution in [-0.4, -0.2) is 43.6 Å². The molecule has 1 fully saturated rings. The van der Waals surface area contributed by atoms with Crippen molar-refractivity contribution in [3.63, 3.8) is 0 Å². The van der Waals surface area contributed by atoms with Crippen LogP contribution in [-0.2, 0) is 16.2 Å². The minimum Gasteiger partial charge on any atom is -0.389 e. The van der Waals surface area contributed by atoms with Crippen molar-refractivity contribution < 1.29 is 14.0 Å². The number of morpholine rings is 1. The molecule has 21 heavy (non-hydrogen) atoms. The number of oxime groups is 1. The highest BCUT2D eigenvalue weighted by atomic mass is 19.1. The quantitative estimate of drug-likeness (QED) is 0.493. The molecule has 1 aliphatic heterocycles. The summed E-state index contributed by atoms with van der Waals surface area (Å²) < 4.78 is 18.2. The second-order valence-electron chi connectivity index (χ2n) is 4.66. The van der Waals surface area contributed by atoms with E-state index >= 15 is 0 Å². The molecule has 0 amide bonds. The number of hydrogen-bond acceptors (Lipinski definition) is 5. The Morgan fingerprint density at radius 3 is 2.95 bits per heavy atom. The normalized spacial score (nSPS) is 16.5. The minimum absolute atomic E-state index is 0.0764. The van der Waals surface area contributed by atoms with Crippen LogP contribution < -0.4 is 5.73 Å². The Morgan fingerprint density at radius 2 is 2.24 bits per heavy atom. The number of amidine groups is 1. The van der Waals surface area contributed by atoms with Crippen LogP contribution in [0.3, 0.4) is 0 Å². The smallest absolute Gasteiger partial charge is 0.153 e. The number of rotatable bonds is 5. The van der Waals surface area contributed by atoms with E-state index in [4.69, 9.17) is 20.6 Å². The Labute approximate surface area is 122 Å². The molecule has 1 saturated heterocycles. The van der Waals surface area contributed by atoms with Gasteiger partial charge in [-0.3, -0.25) is 4.90 Å². The molecule has 0 bridgehead atoms. The second-order valence-corrected chi connectivity index (χ2v) is 4.66. The van der Waals surface area contributed by atoms with Gasteiger partial charge in [0, 0.05) is 18.7 Å². The van der Waals surface area contributed by atoms with Gasteiger partial charge in [-0.2, -0.15) is 5.26 Å². The average molecular weight is 292 g/mol. The lowest BCUT2D eigenvalue weighted by atomic mass is 10.1. The lowest BCUT2D eigenvalue weighted by Crippen LogP contribution is -2.41. The SMILES string of the molecule is N#Cc1cc(F)ccc1CO/N=C(\N)CN1CCOCC1. The van der Waals surface area contributed by atoms with Crippen LogP contribution in [0.25, 0.3) is 0 Å². The number of ether oxygens (including phenoxy) is 1. The maximum Gasteiger partial charge on any atom is 0.153 e. The predicted octanol–water partition coefficient (Wildman–Crippen LogP) is 0.818. The first-order valence-electron chi connectivity index (χ1n) is 6.62. The maximum absolute atomic E-state index is 13.0. The van der Waals surface area contributed by atoms with Crippen molar-refractivity contribution in [3.8, 4) is 6.07 Å². The summed E-state index contributed by atoms with van der Waals surface area (Å²) in [7, 11) is 0. The zero-order chi connectivity index (χ0) is 15.1. The lowest BCUT2D eigenvalue weighted by Gasteiger charge is -2.25. The van der Waals surface area contributed by atoms with E-state index in [-0.39, 0.29) is 12.2 Å². The van der Waals surface area contributed by atoms with E-state index in [0.29, 0.717) is 31.2 Å². The van der Waals surface area contributed by atoms with Crippen molar-refractivity contribution in [2.24, 2.45) is 10.9 Å². The number of benzene rings is 1. The standard InChI is InChI=1S/C14H17FN4O2/c15-13-2-1-11(12(7-13)8-16)10-21-18-14(17)9-19-3-5-20-6-4-19/h1-2,7H,3-6,9-10H2,(H2,17,18). The molecule has 112 valence electrons. The molecule has 0 aliphatic carbocycles. The predicted molar refractivity (Wildman–Crippen MR) is 74.8 cm³/mol. The largest absolute Gasteiger partial charge is 0.389 e. The molecule has 2 N–H and O–H groups in total. The van der Waals surface area contributed by atoms with Gasteiger partial charge in [-0.1, -0.05) is 11.2 Å². The highest BCUT2D eigenvalue weighted by molar-refractivity contribution is 5.81. The van der Waals surface area contributed by atoms with E-state index in [9.17, 15) is 4.39 Å². The fourth-order valence-corrected chi connectivity index (χ4v) is 1.98. The third-order valence-electron chi connectivity index (χ3n) is 3.08. The molecule has 7 heteroatoms. The summed E-state index contributed by atoms with van der Waals surface area (Å²) in [5, 5.41) is 12.7. The molecule has 2 rings (SSSR count). The van der Waals surface area contributed by atoms with Crippen molar-refractivity contribution in [1.29, 1.82) is 5.26 Å². The molecule has 1 aromatic rings. The van der Waals surface area contributed by atoms with Gasteiger partial charge in [-0.05, 0) is 12.1 Å². The average Bonchev–Trinajstić information content (AvgIpc) is 2.49. The van der Waals surface area contributed by atoms with E-state index in [2.05, 4.69) is 10.1 Å². The molecule has 1 aliphatic rings. The fraction of sp³-hybridized carbons (Fsp3) is 0.429. The van der Waals surface area contributed by atoms with Crippen LogP contribution in [0.5, 0.6) is 0 Å². The third-order valence-corrected chi connectivity index (χ3v) is 3.08. The number of nitrogens with zero attached hydrogens (tertiary/aromatic N) is 3. The van der Waals surface area contributed by atoms with Crippen LogP contribution in [0.1, 0.15) is 11.1 Å². The Bertz CT molecular complexity index is 550. The van der Waals surface area contributed by atoms with Crippen LogP contribution in [0, 0.1) is 17.1 Å². The number of halogens is 1. The van der Waals surface area contributed by atoms with Gasteiger partial charge in [0.1, 0.15) is 12.4 Å². The molecule has 0 atom stereocenters. The summed E-state index contributed by atoms with van der Waals surface area (Å²) in [6, 6.07) is 5.86. The summed E-state index contributed by atoms with van der Waals surface area (Å²) in [6.45, 7) is 3.59. The zero-order valence-corrected chi connectivity index (χ0v) is 11.6. The number of nitriles is 1.